The van der Waals surface area contributed by atoms with Crippen LogP contribution in [0.25, 0.3) is 5.57 Å². The van der Waals surface area contributed by atoms with Crippen molar-refractivity contribution in [2.45, 2.75) is 20.8 Å². The van der Waals surface area contributed by atoms with Gasteiger partial charge in [0.25, 0.3) is 0 Å². The van der Waals surface area contributed by atoms with Crippen LogP contribution < -0.4 is 4.74 Å². The van der Waals surface area contributed by atoms with E-state index >= 15 is 0 Å². The highest BCUT2D eigenvalue weighted by Crippen LogP contribution is 2.20. The highest BCUT2D eigenvalue weighted by molar-refractivity contribution is 5.96. The Hall–Kier alpha value is -2.09. The molecular formula is C17H20O2. The molecular weight excluding hydrogens is 236 g/mol. The Kier molecular flexibility index (Phi) is 5.80. The number of ether oxygens (including phenoxy) is 1. The fourth-order valence-corrected chi connectivity index (χ4v) is 1.58. The molecule has 0 unspecified atom stereocenters. The molecule has 0 aliphatic heterocycles. The second kappa shape index (κ2) is 7.37. The van der Waals surface area contributed by atoms with Gasteiger partial charge < -0.3 is 4.74 Å². The number of allylic oxidation sites excluding steroid dienone is 5. The van der Waals surface area contributed by atoms with E-state index in [0.717, 1.165) is 16.9 Å². The van der Waals surface area contributed by atoms with Crippen molar-refractivity contribution in [1.82, 2.24) is 0 Å². The Morgan fingerprint density at radius 2 is 1.89 bits per heavy atom. The molecule has 0 saturated heterocycles. The van der Waals surface area contributed by atoms with Gasteiger partial charge in [-0.15, -0.1) is 0 Å². The number of benzene rings is 1. The summed E-state index contributed by atoms with van der Waals surface area (Å²) in [7, 11) is 0. The summed E-state index contributed by atoms with van der Waals surface area (Å²) in [4.78, 5) is 11.1. The molecule has 0 N–H and O–H groups in total. The first-order valence-corrected chi connectivity index (χ1v) is 6.36. The van der Waals surface area contributed by atoms with E-state index in [1.165, 1.54) is 6.92 Å². The standard InChI is InChI=1S/C17H20O2/c1-5-15(8-7-13(3)14(4)18)16-9-11-17(12-10-16)19-6-2/h5,7-12H,3,6H2,1-2,4H3/b8-7-,15-5+. The SMILES string of the molecule is C=C(/C=C\C(=C/C)c1ccc(OCC)cc1)C(C)=O. The van der Waals surface area contributed by atoms with Gasteiger partial charge in [0.05, 0.1) is 6.61 Å². The number of carbonyl (C=O) groups excluding carboxylic acids is 1. The largest absolute Gasteiger partial charge is 0.494 e. The lowest BCUT2D eigenvalue weighted by Gasteiger charge is -2.06. The van der Waals surface area contributed by atoms with Crippen LogP contribution >= 0.6 is 0 Å². The lowest BCUT2D eigenvalue weighted by Crippen LogP contribution is -1.92. The first-order chi connectivity index (χ1) is 9.08. The van der Waals surface area contributed by atoms with Gasteiger partial charge >= 0.3 is 0 Å². The molecule has 19 heavy (non-hydrogen) atoms. The maximum Gasteiger partial charge on any atom is 0.159 e. The van der Waals surface area contributed by atoms with Crippen LogP contribution in [-0.4, -0.2) is 12.4 Å². The van der Waals surface area contributed by atoms with E-state index in [1.54, 1.807) is 6.08 Å². The van der Waals surface area contributed by atoms with Gasteiger partial charge in [-0.25, -0.2) is 0 Å². The predicted octanol–water partition coefficient (Wildman–Crippen LogP) is 4.19. The summed E-state index contributed by atoms with van der Waals surface area (Å²) in [5.74, 6) is 0.845. The molecule has 2 heteroatoms. The normalized spacial score (nSPS) is 11.6. The van der Waals surface area contributed by atoms with Crippen molar-refractivity contribution in [3.05, 3.63) is 60.2 Å². The maximum absolute atomic E-state index is 11.1. The summed E-state index contributed by atoms with van der Waals surface area (Å²) in [6.45, 7) is 9.81. The van der Waals surface area contributed by atoms with Crippen molar-refractivity contribution in [3.8, 4) is 5.75 Å². The quantitative estimate of drug-likeness (QED) is 0.563. The average molecular weight is 256 g/mol. The van der Waals surface area contributed by atoms with Crippen molar-refractivity contribution < 1.29 is 9.53 Å². The molecule has 0 amide bonds. The van der Waals surface area contributed by atoms with Gasteiger partial charge in [0.2, 0.25) is 0 Å². The molecule has 1 aromatic rings. The summed E-state index contributed by atoms with van der Waals surface area (Å²) in [5.41, 5.74) is 2.63. The lowest BCUT2D eigenvalue weighted by molar-refractivity contribution is -0.113. The second-order valence-corrected chi connectivity index (χ2v) is 4.12. The molecule has 0 radical (unpaired) electrons. The van der Waals surface area contributed by atoms with Gasteiger partial charge in [0.15, 0.2) is 5.78 Å². The zero-order chi connectivity index (χ0) is 14.3. The van der Waals surface area contributed by atoms with E-state index in [1.807, 2.05) is 50.3 Å². The number of rotatable bonds is 6. The van der Waals surface area contributed by atoms with Crippen molar-refractivity contribution >= 4 is 11.4 Å². The molecule has 0 aliphatic rings. The van der Waals surface area contributed by atoms with Crippen LogP contribution in [0.1, 0.15) is 26.3 Å². The number of hydrogen-bond donors (Lipinski definition) is 0. The van der Waals surface area contributed by atoms with Crippen molar-refractivity contribution in [2.24, 2.45) is 0 Å². The first kappa shape index (κ1) is 15.0. The van der Waals surface area contributed by atoms with E-state index in [9.17, 15) is 4.79 Å². The third-order valence-corrected chi connectivity index (χ3v) is 2.73. The van der Waals surface area contributed by atoms with Crippen LogP contribution in [0, 0.1) is 0 Å². The summed E-state index contributed by atoms with van der Waals surface area (Å²) in [6.07, 6.45) is 5.65. The minimum atomic E-state index is -0.0154. The Labute approximate surface area is 115 Å². The van der Waals surface area contributed by atoms with Crippen molar-refractivity contribution in [3.63, 3.8) is 0 Å². The van der Waals surface area contributed by atoms with E-state index in [4.69, 9.17) is 4.74 Å². The molecule has 0 bridgehead atoms. The van der Waals surface area contributed by atoms with Gasteiger partial charge in [-0.2, -0.15) is 0 Å². The molecule has 0 aromatic heterocycles. The van der Waals surface area contributed by atoms with E-state index < -0.39 is 0 Å². The third-order valence-electron chi connectivity index (χ3n) is 2.73. The Bertz CT molecular complexity index is 505. The van der Waals surface area contributed by atoms with Gasteiger partial charge in [0.1, 0.15) is 5.75 Å². The minimum Gasteiger partial charge on any atom is -0.494 e. The molecule has 0 fully saturated rings. The monoisotopic (exact) mass is 256 g/mol. The number of hydrogen-bond acceptors (Lipinski definition) is 2. The fraction of sp³-hybridized carbons (Fsp3) is 0.235. The predicted molar refractivity (Wildman–Crippen MR) is 80.2 cm³/mol. The molecule has 0 heterocycles. The number of ketones is 1. The fourth-order valence-electron chi connectivity index (χ4n) is 1.58. The van der Waals surface area contributed by atoms with Crippen LogP contribution in [-0.2, 0) is 4.79 Å². The second-order valence-electron chi connectivity index (χ2n) is 4.12. The van der Waals surface area contributed by atoms with Crippen LogP contribution in [0.2, 0.25) is 0 Å². The van der Waals surface area contributed by atoms with E-state index in [0.29, 0.717) is 12.2 Å². The molecule has 1 aromatic carbocycles. The van der Waals surface area contributed by atoms with Crippen molar-refractivity contribution in [1.29, 1.82) is 0 Å². The van der Waals surface area contributed by atoms with Gasteiger partial charge in [-0.1, -0.05) is 36.9 Å². The van der Waals surface area contributed by atoms with Crippen LogP contribution in [0.3, 0.4) is 0 Å². The Balaban J connectivity index is 2.86. The van der Waals surface area contributed by atoms with Crippen molar-refractivity contribution in [2.75, 3.05) is 6.61 Å². The Morgan fingerprint density at radius 3 is 2.37 bits per heavy atom. The minimum absolute atomic E-state index is 0.0154. The lowest BCUT2D eigenvalue weighted by atomic mass is 10.0. The summed E-state index contributed by atoms with van der Waals surface area (Å²) < 4.78 is 5.41. The third kappa shape index (κ3) is 4.59. The smallest absolute Gasteiger partial charge is 0.159 e. The molecule has 0 saturated carbocycles. The molecule has 1 rings (SSSR count). The van der Waals surface area contributed by atoms with E-state index in [2.05, 4.69) is 6.58 Å². The average Bonchev–Trinajstić information content (AvgIpc) is 2.41. The van der Waals surface area contributed by atoms with Gasteiger partial charge in [0, 0.05) is 5.57 Å². The van der Waals surface area contributed by atoms with Gasteiger partial charge in [-0.3, -0.25) is 4.79 Å². The molecule has 100 valence electrons. The van der Waals surface area contributed by atoms with Gasteiger partial charge in [-0.05, 0) is 44.0 Å². The van der Waals surface area contributed by atoms with E-state index in [-0.39, 0.29) is 5.78 Å². The summed E-state index contributed by atoms with van der Waals surface area (Å²) in [5, 5.41) is 0. The van der Waals surface area contributed by atoms with Crippen LogP contribution in [0.5, 0.6) is 5.75 Å². The summed E-state index contributed by atoms with van der Waals surface area (Å²) >= 11 is 0. The number of carbonyl (C=O) groups is 1. The highest BCUT2D eigenvalue weighted by Gasteiger charge is 2.00. The molecule has 0 spiro atoms. The zero-order valence-electron chi connectivity index (χ0n) is 11.8. The number of Topliss-reactive ketones (excluding diaryl/α,β-unsaturated/α-hetero) is 1. The first-order valence-electron chi connectivity index (χ1n) is 6.36. The maximum atomic E-state index is 11.1. The Morgan fingerprint density at radius 1 is 1.26 bits per heavy atom. The zero-order valence-corrected chi connectivity index (χ0v) is 11.8. The topological polar surface area (TPSA) is 26.3 Å². The highest BCUT2D eigenvalue weighted by atomic mass is 16.5. The van der Waals surface area contributed by atoms with Crippen LogP contribution in [0.15, 0.2) is 54.6 Å². The summed E-state index contributed by atoms with van der Waals surface area (Å²) in [6, 6.07) is 7.88. The molecule has 0 aliphatic carbocycles. The molecule has 0 atom stereocenters. The van der Waals surface area contributed by atoms with Crippen LogP contribution in [0.4, 0.5) is 0 Å². The molecule has 2 nitrogen and oxygen atoms in total.